The summed E-state index contributed by atoms with van der Waals surface area (Å²) in [5.41, 5.74) is 0.250. The molecule has 1 aromatic carbocycles. The summed E-state index contributed by atoms with van der Waals surface area (Å²) in [6, 6.07) is 12.0. The maximum Gasteiger partial charge on any atom is 0.352 e. The lowest BCUT2D eigenvalue weighted by Gasteiger charge is -2.05. The summed E-state index contributed by atoms with van der Waals surface area (Å²) in [5, 5.41) is 11.6. The van der Waals surface area contributed by atoms with Crippen LogP contribution in [0.25, 0.3) is 6.08 Å². The SMILES string of the molecule is O=C(O)/C(=C/c1ccc(Br)s1)NC(=O)c1ccccc1. The lowest BCUT2D eigenvalue weighted by molar-refractivity contribution is -0.132. The van der Waals surface area contributed by atoms with Crippen LogP contribution in [0.15, 0.2) is 51.9 Å². The number of carboxylic acids is 1. The number of thiophene rings is 1. The molecule has 0 aliphatic rings. The summed E-state index contributed by atoms with van der Waals surface area (Å²) in [4.78, 5) is 23.9. The van der Waals surface area contributed by atoms with E-state index in [4.69, 9.17) is 5.11 Å². The molecule has 102 valence electrons. The highest BCUT2D eigenvalue weighted by Gasteiger charge is 2.13. The van der Waals surface area contributed by atoms with Crippen molar-refractivity contribution in [1.82, 2.24) is 5.32 Å². The van der Waals surface area contributed by atoms with E-state index in [1.54, 1.807) is 36.4 Å². The van der Waals surface area contributed by atoms with Crippen molar-refractivity contribution >= 4 is 45.2 Å². The van der Waals surface area contributed by atoms with Crippen LogP contribution in [0, 0.1) is 0 Å². The molecule has 4 nitrogen and oxygen atoms in total. The van der Waals surface area contributed by atoms with E-state index < -0.39 is 11.9 Å². The summed E-state index contributed by atoms with van der Waals surface area (Å²) < 4.78 is 0.892. The van der Waals surface area contributed by atoms with Crippen LogP contribution in [0.5, 0.6) is 0 Å². The number of benzene rings is 1. The van der Waals surface area contributed by atoms with Gasteiger partial charge < -0.3 is 10.4 Å². The molecule has 0 fully saturated rings. The first-order valence-corrected chi connectivity index (χ1v) is 7.24. The molecule has 0 radical (unpaired) electrons. The molecule has 2 rings (SSSR count). The molecule has 0 aliphatic carbocycles. The van der Waals surface area contributed by atoms with Gasteiger partial charge in [-0.2, -0.15) is 0 Å². The van der Waals surface area contributed by atoms with Crippen LogP contribution in [0.3, 0.4) is 0 Å². The maximum atomic E-state index is 11.9. The largest absolute Gasteiger partial charge is 0.477 e. The Hall–Kier alpha value is -1.92. The Morgan fingerprint density at radius 3 is 2.40 bits per heavy atom. The van der Waals surface area contributed by atoms with Gasteiger partial charge in [0, 0.05) is 10.4 Å². The van der Waals surface area contributed by atoms with Gasteiger partial charge in [0.05, 0.1) is 3.79 Å². The molecular formula is C14H10BrNO3S. The van der Waals surface area contributed by atoms with Crippen LogP contribution in [0.4, 0.5) is 0 Å². The van der Waals surface area contributed by atoms with E-state index in [2.05, 4.69) is 21.2 Å². The number of rotatable bonds is 4. The molecule has 1 heterocycles. The third-order valence-electron chi connectivity index (χ3n) is 2.40. The van der Waals surface area contributed by atoms with Gasteiger partial charge in [-0.25, -0.2) is 4.79 Å². The summed E-state index contributed by atoms with van der Waals surface area (Å²) in [7, 11) is 0. The third kappa shape index (κ3) is 3.79. The number of carbonyl (C=O) groups excluding carboxylic acids is 1. The van der Waals surface area contributed by atoms with Crippen molar-refractivity contribution in [2.75, 3.05) is 0 Å². The normalized spacial score (nSPS) is 11.2. The van der Waals surface area contributed by atoms with Crippen molar-refractivity contribution in [3.05, 3.63) is 62.4 Å². The van der Waals surface area contributed by atoms with Crippen LogP contribution in [-0.4, -0.2) is 17.0 Å². The lowest BCUT2D eigenvalue weighted by Crippen LogP contribution is -2.27. The van der Waals surface area contributed by atoms with Crippen molar-refractivity contribution in [1.29, 1.82) is 0 Å². The zero-order chi connectivity index (χ0) is 14.5. The fourth-order valence-corrected chi connectivity index (χ4v) is 2.85. The van der Waals surface area contributed by atoms with Gasteiger partial charge in [0.1, 0.15) is 5.70 Å². The number of nitrogens with one attached hydrogen (secondary N) is 1. The topological polar surface area (TPSA) is 66.4 Å². The van der Waals surface area contributed by atoms with Crippen LogP contribution in [-0.2, 0) is 4.79 Å². The van der Waals surface area contributed by atoms with Crippen LogP contribution < -0.4 is 5.32 Å². The van der Waals surface area contributed by atoms with Gasteiger partial charge in [0.25, 0.3) is 5.91 Å². The van der Waals surface area contributed by atoms with E-state index in [0.29, 0.717) is 5.56 Å². The molecule has 0 saturated carbocycles. The molecule has 2 N–H and O–H groups in total. The van der Waals surface area contributed by atoms with Crippen molar-refractivity contribution in [2.45, 2.75) is 0 Å². The molecule has 0 unspecified atom stereocenters. The van der Waals surface area contributed by atoms with Gasteiger partial charge >= 0.3 is 5.97 Å². The van der Waals surface area contributed by atoms with Gasteiger partial charge in [-0.3, -0.25) is 4.79 Å². The molecule has 0 atom stereocenters. The van der Waals surface area contributed by atoms with Crippen molar-refractivity contribution in [3.63, 3.8) is 0 Å². The van der Waals surface area contributed by atoms with Crippen molar-refractivity contribution in [2.24, 2.45) is 0 Å². The number of hydrogen-bond acceptors (Lipinski definition) is 3. The Morgan fingerprint density at radius 2 is 1.85 bits per heavy atom. The average molecular weight is 352 g/mol. The molecule has 0 spiro atoms. The Kier molecular flexibility index (Phi) is 4.70. The number of halogens is 1. The van der Waals surface area contributed by atoms with Gasteiger partial charge in [-0.05, 0) is 46.3 Å². The monoisotopic (exact) mass is 351 g/mol. The number of aliphatic carboxylic acids is 1. The van der Waals surface area contributed by atoms with Crippen molar-refractivity contribution in [3.8, 4) is 0 Å². The molecule has 2 aromatic rings. The number of carboxylic acid groups (broad SMARTS) is 1. The highest BCUT2D eigenvalue weighted by Crippen LogP contribution is 2.23. The van der Waals surface area contributed by atoms with E-state index in [1.807, 2.05) is 6.07 Å². The number of amides is 1. The Morgan fingerprint density at radius 1 is 1.15 bits per heavy atom. The van der Waals surface area contributed by atoms with E-state index in [-0.39, 0.29) is 5.70 Å². The Bertz CT molecular complexity index is 664. The second kappa shape index (κ2) is 6.49. The molecule has 6 heteroatoms. The second-order valence-corrected chi connectivity index (χ2v) is 6.32. The third-order valence-corrected chi connectivity index (χ3v) is 3.97. The second-order valence-electron chi connectivity index (χ2n) is 3.83. The lowest BCUT2D eigenvalue weighted by atomic mass is 10.2. The highest BCUT2D eigenvalue weighted by molar-refractivity contribution is 9.11. The van der Waals surface area contributed by atoms with Gasteiger partial charge in [0.15, 0.2) is 0 Å². The maximum absolute atomic E-state index is 11.9. The van der Waals surface area contributed by atoms with Crippen molar-refractivity contribution < 1.29 is 14.7 Å². The summed E-state index contributed by atoms with van der Waals surface area (Å²) in [5.74, 6) is -1.63. The first-order valence-electron chi connectivity index (χ1n) is 5.63. The molecule has 0 aliphatic heterocycles. The zero-order valence-electron chi connectivity index (χ0n) is 10.2. The van der Waals surface area contributed by atoms with Gasteiger partial charge in [0.2, 0.25) is 0 Å². The quantitative estimate of drug-likeness (QED) is 0.830. The minimum atomic E-state index is -1.18. The minimum Gasteiger partial charge on any atom is -0.477 e. The molecule has 0 saturated heterocycles. The smallest absolute Gasteiger partial charge is 0.352 e. The predicted octanol–water partition coefficient (Wildman–Crippen LogP) is 3.37. The summed E-state index contributed by atoms with van der Waals surface area (Å²) >= 11 is 4.68. The Labute approximate surface area is 127 Å². The fourth-order valence-electron chi connectivity index (χ4n) is 1.48. The van der Waals surface area contributed by atoms with Crippen LogP contribution >= 0.6 is 27.3 Å². The predicted molar refractivity (Wildman–Crippen MR) is 81.5 cm³/mol. The first-order chi connectivity index (χ1) is 9.56. The summed E-state index contributed by atoms with van der Waals surface area (Å²) in [6.07, 6.45) is 1.43. The van der Waals surface area contributed by atoms with E-state index in [9.17, 15) is 9.59 Å². The zero-order valence-corrected chi connectivity index (χ0v) is 12.6. The molecule has 1 amide bonds. The van der Waals surface area contributed by atoms with E-state index in [0.717, 1.165) is 8.66 Å². The first kappa shape index (κ1) is 14.5. The minimum absolute atomic E-state index is 0.159. The van der Waals surface area contributed by atoms with E-state index in [1.165, 1.54) is 17.4 Å². The molecular weight excluding hydrogens is 342 g/mol. The van der Waals surface area contributed by atoms with Crippen LogP contribution in [0.1, 0.15) is 15.2 Å². The molecule has 0 bridgehead atoms. The number of carbonyl (C=O) groups is 2. The Balaban J connectivity index is 2.20. The number of hydrogen-bond donors (Lipinski definition) is 2. The molecule has 1 aromatic heterocycles. The van der Waals surface area contributed by atoms with Gasteiger partial charge in [-0.1, -0.05) is 18.2 Å². The average Bonchev–Trinajstić information content (AvgIpc) is 2.84. The van der Waals surface area contributed by atoms with Gasteiger partial charge in [-0.15, -0.1) is 11.3 Å². The fraction of sp³-hybridized carbons (Fsp3) is 0. The van der Waals surface area contributed by atoms with E-state index >= 15 is 0 Å². The molecule has 20 heavy (non-hydrogen) atoms. The standard InChI is InChI=1S/C14H10BrNO3S/c15-12-7-6-10(20-12)8-11(14(18)19)16-13(17)9-4-2-1-3-5-9/h1-8H,(H,16,17)(H,18,19)/b11-8-. The highest BCUT2D eigenvalue weighted by atomic mass is 79.9. The van der Waals surface area contributed by atoms with Crippen LogP contribution in [0.2, 0.25) is 0 Å². The summed E-state index contributed by atoms with van der Waals surface area (Å²) in [6.45, 7) is 0.